The topological polar surface area (TPSA) is 67.3 Å². The molecule has 0 aromatic carbocycles. The minimum Gasteiger partial charge on any atom is -0.389 e. The average molecular weight is 346 g/mol. The zero-order valence-corrected chi connectivity index (χ0v) is 15.6. The van der Waals surface area contributed by atoms with Crippen molar-refractivity contribution in [3.63, 3.8) is 0 Å². The van der Waals surface area contributed by atoms with Gasteiger partial charge in [-0.3, -0.25) is 0 Å². The van der Waals surface area contributed by atoms with Crippen LogP contribution in [0.1, 0.15) is 64.1 Å². The Bertz CT molecular complexity index is 606. The molecule has 1 saturated carbocycles. The minimum atomic E-state index is -3.34. The van der Waals surface area contributed by atoms with Crippen molar-refractivity contribution in [2.75, 3.05) is 5.75 Å². The lowest BCUT2D eigenvalue weighted by molar-refractivity contribution is 0.0135. The van der Waals surface area contributed by atoms with E-state index in [1.165, 1.54) is 11.3 Å². The van der Waals surface area contributed by atoms with E-state index in [1.807, 2.05) is 5.38 Å². The normalized spacial score (nSPS) is 27.0. The number of nitrogens with zero attached hydrogens (tertiary/aromatic N) is 1. The van der Waals surface area contributed by atoms with Crippen LogP contribution in [0.4, 0.5) is 0 Å². The molecule has 126 valence electrons. The van der Waals surface area contributed by atoms with Gasteiger partial charge >= 0.3 is 0 Å². The number of aliphatic hydroxyl groups is 1. The van der Waals surface area contributed by atoms with E-state index in [2.05, 4.69) is 32.7 Å². The lowest BCUT2D eigenvalue weighted by Gasteiger charge is -2.34. The van der Waals surface area contributed by atoms with Crippen LogP contribution in [-0.2, 0) is 21.0 Å². The van der Waals surface area contributed by atoms with E-state index >= 15 is 0 Å². The number of hydrogen-bond acceptors (Lipinski definition) is 5. The molecule has 1 aliphatic rings. The summed E-state index contributed by atoms with van der Waals surface area (Å²) < 4.78 is 24.8. The molecule has 0 saturated heterocycles. The second-order valence-electron chi connectivity index (χ2n) is 7.82. The maximum Gasteiger partial charge on any atom is 0.159 e. The van der Waals surface area contributed by atoms with Crippen molar-refractivity contribution in [2.45, 2.75) is 70.1 Å². The molecule has 1 fully saturated rings. The van der Waals surface area contributed by atoms with Crippen LogP contribution in [0.5, 0.6) is 0 Å². The zero-order chi connectivity index (χ0) is 16.6. The fourth-order valence-corrected chi connectivity index (χ4v) is 6.08. The van der Waals surface area contributed by atoms with Gasteiger partial charge < -0.3 is 5.11 Å². The Balaban J connectivity index is 2.04. The van der Waals surface area contributed by atoms with Gasteiger partial charge in [0.2, 0.25) is 0 Å². The van der Waals surface area contributed by atoms with Crippen molar-refractivity contribution in [3.8, 4) is 0 Å². The van der Waals surface area contributed by atoms with E-state index in [4.69, 9.17) is 0 Å². The van der Waals surface area contributed by atoms with Gasteiger partial charge in [0.15, 0.2) is 9.84 Å². The van der Waals surface area contributed by atoms with E-state index in [1.54, 1.807) is 0 Å². The molecule has 0 aliphatic heterocycles. The summed E-state index contributed by atoms with van der Waals surface area (Å²) in [5.41, 5.74) is -0.195. The minimum absolute atomic E-state index is 0.0639. The molecule has 0 amide bonds. The summed E-state index contributed by atoms with van der Waals surface area (Å²) in [4.78, 5) is 4.45. The number of hydrogen-bond donors (Lipinski definition) is 1. The molecule has 22 heavy (non-hydrogen) atoms. The maximum atomic E-state index is 12.4. The predicted octanol–water partition coefficient (Wildman–Crippen LogP) is 3.30. The zero-order valence-electron chi connectivity index (χ0n) is 13.9. The summed E-state index contributed by atoms with van der Waals surface area (Å²) in [7, 11) is -3.34. The van der Waals surface area contributed by atoms with Crippen molar-refractivity contribution < 1.29 is 13.5 Å². The summed E-state index contributed by atoms with van der Waals surface area (Å²) in [5.74, 6) is 0.374. The van der Waals surface area contributed by atoms with Crippen molar-refractivity contribution in [1.82, 2.24) is 4.98 Å². The molecule has 6 heteroatoms. The number of sulfone groups is 1. The third-order valence-corrected chi connectivity index (χ3v) is 7.08. The van der Waals surface area contributed by atoms with E-state index in [-0.39, 0.29) is 16.9 Å². The first kappa shape index (κ1) is 17.9. The monoisotopic (exact) mass is 345 g/mol. The third kappa shape index (κ3) is 4.77. The quantitative estimate of drug-likeness (QED) is 0.909. The van der Waals surface area contributed by atoms with Gasteiger partial charge in [-0.1, -0.05) is 27.7 Å². The van der Waals surface area contributed by atoms with Gasteiger partial charge in [0.05, 0.1) is 17.0 Å². The second-order valence-corrected chi connectivity index (χ2v) is 10.8. The van der Waals surface area contributed by atoms with Gasteiger partial charge in [-0.05, 0) is 31.6 Å². The summed E-state index contributed by atoms with van der Waals surface area (Å²) in [5, 5.41) is 13.1. The second kappa shape index (κ2) is 6.21. The van der Waals surface area contributed by atoms with Crippen LogP contribution in [0, 0.1) is 5.92 Å². The van der Waals surface area contributed by atoms with E-state index in [0.29, 0.717) is 23.8 Å². The van der Waals surface area contributed by atoms with Crippen LogP contribution in [-0.4, -0.2) is 29.9 Å². The summed E-state index contributed by atoms with van der Waals surface area (Å²) in [6.07, 6.45) is 2.96. The standard InChI is InChI=1S/C16H27NO3S2/c1-12-5-7-16(18,8-6-12)11-22(19,20)10-14-17-13(9-21-14)15(2,3)4/h9,12,18H,5-8,10-11H2,1-4H3. The molecule has 2 rings (SSSR count). The highest BCUT2D eigenvalue weighted by Gasteiger charge is 2.36. The molecule has 1 aromatic rings. The molecule has 1 aromatic heterocycles. The lowest BCUT2D eigenvalue weighted by Crippen LogP contribution is -2.40. The molecule has 1 aliphatic carbocycles. The predicted molar refractivity (Wildman–Crippen MR) is 90.9 cm³/mol. The fraction of sp³-hybridized carbons (Fsp3) is 0.812. The van der Waals surface area contributed by atoms with E-state index in [0.717, 1.165) is 18.5 Å². The number of aromatic nitrogens is 1. The molecule has 1 N–H and O–H groups in total. The van der Waals surface area contributed by atoms with Gasteiger partial charge in [0, 0.05) is 10.8 Å². The Kier molecular flexibility index (Phi) is 5.05. The van der Waals surface area contributed by atoms with Gasteiger partial charge in [0.1, 0.15) is 10.8 Å². The molecular weight excluding hydrogens is 318 g/mol. The highest BCUT2D eigenvalue weighted by atomic mass is 32.2. The fourth-order valence-electron chi connectivity index (χ4n) is 2.81. The molecule has 0 unspecified atom stereocenters. The number of thiazole rings is 1. The molecule has 1 heterocycles. The Morgan fingerprint density at radius 2 is 1.95 bits per heavy atom. The SMILES string of the molecule is CC1CCC(O)(CS(=O)(=O)Cc2nc(C(C)(C)C)cs2)CC1. The maximum absolute atomic E-state index is 12.4. The van der Waals surface area contributed by atoms with Crippen LogP contribution in [0.2, 0.25) is 0 Å². The van der Waals surface area contributed by atoms with Gasteiger partial charge in [-0.25, -0.2) is 13.4 Å². The largest absolute Gasteiger partial charge is 0.389 e. The Hall–Kier alpha value is -0.460. The highest BCUT2D eigenvalue weighted by molar-refractivity contribution is 7.90. The molecular formula is C16H27NO3S2. The Morgan fingerprint density at radius 3 is 2.45 bits per heavy atom. The van der Waals surface area contributed by atoms with Gasteiger partial charge in [-0.2, -0.15) is 0 Å². The summed E-state index contributed by atoms with van der Waals surface area (Å²) in [6, 6.07) is 0. The Labute approximate surface area is 137 Å². The van der Waals surface area contributed by atoms with Crippen LogP contribution in [0.3, 0.4) is 0 Å². The van der Waals surface area contributed by atoms with Crippen molar-refractivity contribution >= 4 is 21.2 Å². The van der Waals surface area contributed by atoms with Crippen molar-refractivity contribution in [2.24, 2.45) is 5.92 Å². The van der Waals surface area contributed by atoms with Gasteiger partial charge in [-0.15, -0.1) is 11.3 Å². The van der Waals surface area contributed by atoms with Crippen LogP contribution >= 0.6 is 11.3 Å². The van der Waals surface area contributed by atoms with Crippen LogP contribution in [0.15, 0.2) is 5.38 Å². The molecule has 0 atom stereocenters. The first-order valence-electron chi connectivity index (χ1n) is 7.87. The van der Waals surface area contributed by atoms with Crippen molar-refractivity contribution in [1.29, 1.82) is 0 Å². The first-order valence-corrected chi connectivity index (χ1v) is 10.6. The summed E-state index contributed by atoms with van der Waals surface area (Å²) >= 11 is 1.39. The van der Waals surface area contributed by atoms with E-state index < -0.39 is 15.4 Å². The third-order valence-electron chi connectivity index (χ3n) is 4.36. The van der Waals surface area contributed by atoms with Gasteiger partial charge in [0.25, 0.3) is 0 Å². The molecule has 4 nitrogen and oxygen atoms in total. The average Bonchev–Trinajstić information content (AvgIpc) is 2.80. The molecule has 0 bridgehead atoms. The summed E-state index contributed by atoms with van der Waals surface area (Å²) in [6.45, 7) is 8.34. The molecule has 0 radical (unpaired) electrons. The smallest absolute Gasteiger partial charge is 0.159 e. The highest BCUT2D eigenvalue weighted by Crippen LogP contribution is 2.33. The number of rotatable bonds is 4. The van der Waals surface area contributed by atoms with Crippen LogP contribution < -0.4 is 0 Å². The van der Waals surface area contributed by atoms with Crippen LogP contribution in [0.25, 0.3) is 0 Å². The van der Waals surface area contributed by atoms with Crippen molar-refractivity contribution in [3.05, 3.63) is 16.1 Å². The Morgan fingerprint density at radius 1 is 1.36 bits per heavy atom. The first-order chi connectivity index (χ1) is 9.99. The van der Waals surface area contributed by atoms with E-state index in [9.17, 15) is 13.5 Å². The lowest BCUT2D eigenvalue weighted by atomic mass is 9.81. The molecule has 0 spiro atoms.